The van der Waals surface area contributed by atoms with Crippen LogP contribution in [-0.4, -0.2) is 226 Å². The number of carbonyl (C=O) groups is 5. The van der Waals surface area contributed by atoms with Gasteiger partial charge < -0.3 is 69.0 Å². The highest BCUT2D eigenvalue weighted by Gasteiger charge is 2.35. The van der Waals surface area contributed by atoms with E-state index in [1.807, 2.05) is 112 Å². The second-order valence-electron chi connectivity index (χ2n) is 31.6. The van der Waals surface area contributed by atoms with Gasteiger partial charge in [-0.25, -0.2) is 24.7 Å². The number of hydrogen-bond donors (Lipinski definition) is 2. The van der Waals surface area contributed by atoms with Crippen LogP contribution in [0.2, 0.25) is 30.1 Å². The molecule has 0 bridgehead atoms. The van der Waals surface area contributed by atoms with Crippen molar-refractivity contribution in [1.82, 2.24) is 15.3 Å². The van der Waals surface area contributed by atoms with Gasteiger partial charge in [-0.3, -0.25) is 34.1 Å². The van der Waals surface area contributed by atoms with Gasteiger partial charge in [-0.05, 0) is 229 Å². The molecule has 28 nitrogen and oxygen atoms in total. The lowest BCUT2D eigenvalue weighted by atomic mass is 10.00. The van der Waals surface area contributed by atoms with Gasteiger partial charge in [0.05, 0.1) is 115 Å². The summed E-state index contributed by atoms with van der Waals surface area (Å²) in [6, 6.07) is 64.4. The second-order valence-corrected chi connectivity index (χ2v) is 35.7. The Morgan fingerprint density at radius 3 is 1.37 bits per heavy atom. The van der Waals surface area contributed by atoms with E-state index in [9.17, 15) is 24.0 Å². The molecule has 0 aliphatic carbocycles. The molecule has 7 aliphatic heterocycles. The smallest absolute Gasteiger partial charge is 0.323 e. The molecule has 9 aromatic carbocycles. The number of anilines is 9. The van der Waals surface area contributed by atoms with Crippen molar-refractivity contribution in [2.75, 3.05) is 186 Å². The van der Waals surface area contributed by atoms with E-state index in [0.29, 0.717) is 122 Å². The SMILES string of the molecule is CN1C(=O)C(N=C=S)N=C(c2ccccc2Cl)c2cc(Cl)ccc21.CN1C(=O)CN=C(Cl)c2cc(Cl)ccc21.COc1cccc(Br)n1.COc1cccc(C2=NCC(=O)N(C)c3ccc(Cl)cc32)n1.Cc1cc(N2CCOCC2)ccc1N.Cc1cc(N2CCOCC2)ccc1N(C)C(=O)NC1N=C(c2ccccc2Cl)c2cc(Cl)ccc2N(C)C1=O.Cc1cc(N2CCOCC2)ccc1N=C=S. The number of methoxy groups -OCH3 is 2. The van der Waals surface area contributed by atoms with Crippen molar-refractivity contribution >= 4 is 241 Å². The second kappa shape index (κ2) is 50.7. The zero-order chi connectivity index (χ0) is 99.7. The number of nitrogens with one attached hydrogen (secondary N) is 1. The summed E-state index contributed by atoms with van der Waals surface area (Å²) < 4.78 is 26.9. The maximum atomic E-state index is 13.5. The number of isothiocyanates is 2. The fraction of sp³-hybridized carbons (Fsp3) is 0.257. The fourth-order valence-electron chi connectivity index (χ4n) is 15.2. The van der Waals surface area contributed by atoms with E-state index in [4.69, 9.17) is 116 Å². The summed E-state index contributed by atoms with van der Waals surface area (Å²) in [6.07, 6.45) is -2.19. The lowest BCUT2D eigenvalue weighted by Gasteiger charge is -2.30. The normalized spacial score (nSPS) is 15.8. The monoisotopic (exact) mass is 2110 g/mol. The Morgan fingerprint density at radius 1 is 0.475 bits per heavy atom. The van der Waals surface area contributed by atoms with Crippen LogP contribution in [0.1, 0.15) is 55.8 Å². The number of hydrogen-bond acceptors (Lipinski definition) is 24. The average Bonchev–Trinajstić information content (AvgIpc) is 1.73. The average molecular weight is 2120 g/mol. The van der Waals surface area contributed by atoms with Crippen LogP contribution in [0.5, 0.6) is 11.8 Å². The topological polar surface area (TPSA) is 295 Å². The molecule has 3 fully saturated rings. The molecule has 720 valence electrons. The molecule has 2 aromatic heterocycles. The van der Waals surface area contributed by atoms with E-state index in [-0.39, 0.29) is 36.7 Å². The molecule has 0 saturated carbocycles. The minimum Gasteiger partial charge on any atom is -0.481 e. The summed E-state index contributed by atoms with van der Waals surface area (Å²) >= 11 is 55.8. The molecule has 2 atom stereocenters. The lowest BCUT2D eigenvalue weighted by molar-refractivity contribution is -0.120. The van der Waals surface area contributed by atoms with Crippen LogP contribution < -0.4 is 59.7 Å². The Kier molecular flexibility index (Phi) is 38.6. The highest BCUT2D eigenvalue weighted by molar-refractivity contribution is 9.10. The van der Waals surface area contributed by atoms with E-state index < -0.39 is 18.4 Å². The minimum atomic E-state index is -1.18. The molecule has 2 unspecified atom stereocenters. The highest BCUT2D eigenvalue weighted by atomic mass is 79.9. The van der Waals surface area contributed by atoms with Crippen LogP contribution in [0, 0.1) is 20.8 Å². The summed E-state index contributed by atoms with van der Waals surface area (Å²) in [5.74, 6) is 0.257. The van der Waals surface area contributed by atoms with E-state index in [1.54, 1.807) is 145 Å². The zero-order valence-corrected chi connectivity index (χ0v) is 85.9. The van der Waals surface area contributed by atoms with Gasteiger partial charge >= 0.3 is 6.03 Å². The molecule has 9 heterocycles. The van der Waals surface area contributed by atoms with E-state index in [2.05, 4.69) is 136 Å². The molecule has 0 radical (unpaired) electrons. The molecule has 0 spiro atoms. The van der Waals surface area contributed by atoms with Gasteiger partial charge in [0.15, 0.2) is 0 Å². The molecule has 6 amide bonds. The third-order valence-corrected chi connectivity index (χ3v) is 25.3. The predicted molar refractivity (Wildman–Crippen MR) is 572 cm³/mol. The minimum absolute atomic E-state index is 0.0665. The third-order valence-electron chi connectivity index (χ3n) is 22.7. The maximum absolute atomic E-state index is 13.5. The van der Waals surface area contributed by atoms with Crippen LogP contribution in [0.3, 0.4) is 0 Å². The first-order chi connectivity index (χ1) is 66.9. The number of ether oxygens (including phenoxy) is 5. The number of carbonyl (C=O) groups excluding carboxylic acids is 5. The summed E-state index contributed by atoms with van der Waals surface area (Å²) in [7, 11) is 11.6. The van der Waals surface area contributed by atoms with Gasteiger partial charge in [0, 0.05) is 179 Å². The van der Waals surface area contributed by atoms with Gasteiger partial charge in [0.25, 0.3) is 11.8 Å². The van der Waals surface area contributed by atoms with Crippen molar-refractivity contribution in [2.45, 2.75) is 33.1 Å². The number of benzodiazepines with no additional fused rings is 4. The molecular formula is C101H98BrCl7N18O10S2. The number of aromatic nitrogens is 2. The number of thiocarbonyl (C=S) groups is 2. The van der Waals surface area contributed by atoms with Crippen molar-refractivity contribution in [3.63, 3.8) is 0 Å². The van der Waals surface area contributed by atoms with Crippen LogP contribution in [-0.2, 0) is 33.4 Å². The number of aliphatic imine (C=N–C) groups is 6. The molecule has 7 aliphatic rings. The number of urea groups is 1. The Balaban J connectivity index is 0.000000152. The van der Waals surface area contributed by atoms with Crippen molar-refractivity contribution < 1.29 is 47.7 Å². The van der Waals surface area contributed by atoms with Gasteiger partial charge in [0.2, 0.25) is 35.9 Å². The number of rotatable bonds is 12. The van der Waals surface area contributed by atoms with Crippen molar-refractivity contribution in [3.05, 3.63) is 303 Å². The number of pyridine rings is 2. The number of nitrogen functional groups attached to an aromatic ring is 1. The van der Waals surface area contributed by atoms with E-state index in [0.717, 1.165) is 127 Å². The quantitative estimate of drug-likeness (QED) is 0.0497. The number of morpholine rings is 3. The van der Waals surface area contributed by atoms with Crippen LogP contribution >= 0.6 is 122 Å². The molecular weight excluding hydrogens is 2020 g/mol. The maximum Gasteiger partial charge on any atom is 0.323 e. The largest absolute Gasteiger partial charge is 0.481 e. The Morgan fingerprint density at radius 2 is 0.906 bits per heavy atom. The number of halogens is 8. The summed E-state index contributed by atoms with van der Waals surface area (Å²) in [4.78, 5) is 112. The molecule has 38 heteroatoms. The van der Waals surface area contributed by atoms with Crippen molar-refractivity contribution in [2.24, 2.45) is 30.0 Å². The number of fused-ring (bicyclic) bond motifs is 4. The van der Waals surface area contributed by atoms with Crippen LogP contribution in [0.4, 0.5) is 61.7 Å². The number of nitrogens with zero attached hydrogens (tertiary/aromatic N) is 16. The van der Waals surface area contributed by atoms with Gasteiger partial charge in [0.1, 0.15) is 22.9 Å². The Labute approximate surface area is 860 Å². The summed E-state index contributed by atoms with van der Waals surface area (Å²) in [5.41, 5.74) is 24.2. The van der Waals surface area contributed by atoms with Gasteiger partial charge in [-0.15, -0.1) is 0 Å². The van der Waals surface area contributed by atoms with E-state index >= 15 is 0 Å². The number of benzene rings is 9. The summed E-state index contributed by atoms with van der Waals surface area (Å²) in [6.45, 7) is 16.3. The molecule has 18 rings (SSSR count). The molecule has 3 N–H and O–H groups in total. The first kappa shape index (κ1) is 106. The zero-order valence-electron chi connectivity index (χ0n) is 77.4. The third kappa shape index (κ3) is 27.5. The van der Waals surface area contributed by atoms with Crippen LogP contribution in [0.25, 0.3) is 0 Å². The van der Waals surface area contributed by atoms with E-state index in [1.165, 1.54) is 31.0 Å². The predicted octanol–water partition coefficient (Wildman–Crippen LogP) is 20.1. The highest BCUT2D eigenvalue weighted by Crippen LogP contribution is 2.38. The Hall–Kier alpha value is -12.1. The first-order valence-electron chi connectivity index (χ1n) is 43.5. The molecule has 3 saturated heterocycles. The molecule has 11 aromatic rings. The number of amides is 6. The number of aryl methyl sites for hydroxylation is 3. The Bertz CT molecular complexity index is 6590. The molecule has 139 heavy (non-hydrogen) atoms. The standard InChI is InChI=1S/C29H29Cl2N5O3.C17H11Cl2N3OS.C16H14ClN3O2.C12H14N2OS.C11H16N2O.C10H8Cl2N2O.C6H6BrNO/c1-18-16-20(36-12-14-39-15-13-36)9-11-24(18)35(3)29(38)33-27-28(37)34(2)25-10-8-19(30)17-22(25)26(32-27)21-6-4-5-7-23(21)31;1-22-14-7-6-10(18)8-12(14)15(11-4-2-3-5-13(11)19)21-16(17(22)23)20-9-24;1-20-13-7-6-10(17)8-11(13)16(18-9-15(20)21)12-4-3-5-14(19-12)22-2;1-10-8-11(2-3-12(10)13-9-16)14-4-6-15-7-5-14;1-9-8-10(2-3-11(9)12)13-4-6-14-7-5-13;1-14-8-3-2-6(11)4-7(8)10(12)13-5-9(14)15;1-9-6-4-2-3-5(7)8-6/h4-11,16-17,27H,12-15H2,1-3H3,(H,33,38);2-8,16H,1H3;3-8H,9H2,1-2H3;2-3,8H,4-7H2,1H3;2-3,8H,4-7,12H2,1H3;2-4H,5H2,1H3;2-4H,1H3. The van der Waals surface area contributed by atoms with Crippen molar-refractivity contribution in [3.8, 4) is 11.8 Å². The number of nitrogens with two attached hydrogens (primary N) is 1. The number of likely N-dealkylation sites (N-methyl/N-ethyl adjacent to an activating group) is 4. The lowest BCUT2D eigenvalue weighted by Crippen LogP contribution is -2.50. The fourth-order valence-corrected chi connectivity index (χ4v) is 17.1. The van der Waals surface area contributed by atoms with Gasteiger partial charge in [-0.1, -0.05) is 130 Å². The van der Waals surface area contributed by atoms with Crippen molar-refractivity contribution in [1.29, 1.82) is 0 Å². The van der Waals surface area contributed by atoms with Gasteiger partial charge in [-0.2, -0.15) is 9.98 Å². The first-order valence-corrected chi connectivity index (χ1v) is 47.7. The van der Waals surface area contributed by atoms with Crippen LogP contribution in [0.15, 0.2) is 247 Å². The summed E-state index contributed by atoms with van der Waals surface area (Å²) in [5, 5.41) is 10.9.